The van der Waals surface area contributed by atoms with Gasteiger partial charge in [0, 0.05) is 6.20 Å². The standard InChI is InChI=1S/C12H16ClN3O/c1-8-6-9(10(13)15-7-8)16-11(17)12(14)4-2-3-5-12/h6-7H,2-5,14H2,1H3,(H,16,17). The van der Waals surface area contributed by atoms with Gasteiger partial charge in [0.25, 0.3) is 0 Å². The van der Waals surface area contributed by atoms with Gasteiger partial charge in [-0.3, -0.25) is 4.79 Å². The number of anilines is 1. The molecule has 1 aromatic heterocycles. The van der Waals surface area contributed by atoms with Gasteiger partial charge in [-0.2, -0.15) is 0 Å². The molecule has 1 amide bonds. The summed E-state index contributed by atoms with van der Waals surface area (Å²) in [5.74, 6) is -0.163. The second-order valence-electron chi connectivity index (χ2n) is 4.67. The lowest BCUT2D eigenvalue weighted by Crippen LogP contribution is -2.48. The molecule has 0 aromatic carbocycles. The summed E-state index contributed by atoms with van der Waals surface area (Å²) in [6.07, 6.45) is 5.13. The summed E-state index contributed by atoms with van der Waals surface area (Å²) in [6.45, 7) is 1.90. The number of hydrogen-bond donors (Lipinski definition) is 2. The Labute approximate surface area is 106 Å². The van der Waals surface area contributed by atoms with Crippen LogP contribution in [0.3, 0.4) is 0 Å². The maximum Gasteiger partial charge on any atom is 0.244 e. The van der Waals surface area contributed by atoms with Gasteiger partial charge in [-0.1, -0.05) is 24.4 Å². The van der Waals surface area contributed by atoms with Gasteiger partial charge in [-0.05, 0) is 31.4 Å². The lowest BCUT2D eigenvalue weighted by atomic mass is 9.98. The van der Waals surface area contributed by atoms with Crippen LogP contribution in [0.4, 0.5) is 5.69 Å². The normalized spacial score (nSPS) is 18.1. The van der Waals surface area contributed by atoms with Gasteiger partial charge in [-0.25, -0.2) is 4.98 Å². The SMILES string of the molecule is Cc1cnc(Cl)c(NC(=O)C2(N)CCCC2)c1. The van der Waals surface area contributed by atoms with E-state index in [2.05, 4.69) is 10.3 Å². The summed E-state index contributed by atoms with van der Waals surface area (Å²) < 4.78 is 0. The third-order valence-corrected chi connectivity index (χ3v) is 3.47. The minimum absolute atomic E-state index is 0.163. The van der Waals surface area contributed by atoms with Crippen LogP contribution in [-0.2, 0) is 4.79 Å². The number of amides is 1. The molecule has 0 unspecified atom stereocenters. The third kappa shape index (κ3) is 2.58. The fraction of sp³-hybridized carbons (Fsp3) is 0.500. The topological polar surface area (TPSA) is 68.0 Å². The number of hydrogen-bond acceptors (Lipinski definition) is 3. The van der Waals surface area contributed by atoms with Crippen LogP contribution in [0.25, 0.3) is 0 Å². The van der Waals surface area contributed by atoms with E-state index in [1.807, 2.05) is 6.92 Å². The van der Waals surface area contributed by atoms with Crippen LogP contribution < -0.4 is 11.1 Å². The van der Waals surface area contributed by atoms with Crippen molar-refractivity contribution >= 4 is 23.2 Å². The molecule has 4 nitrogen and oxygen atoms in total. The zero-order chi connectivity index (χ0) is 12.5. The largest absolute Gasteiger partial charge is 0.322 e. The molecule has 92 valence electrons. The van der Waals surface area contributed by atoms with Crippen molar-refractivity contribution in [3.8, 4) is 0 Å². The summed E-state index contributed by atoms with van der Waals surface area (Å²) in [6, 6.07) is 1.80. The number of halogens is 1. The van der Waals surface area contributed by atoms with Crippen LogP contribution in [0.1, 0.15) is 31.2 Å². The molecule has 0 saturated heterocycles. The summed E-state index contributed by atoms with van der Waals surface area (Å²) in [7, 11) is 0. The van der Waals surface area contributed by atoms with E-state index in [4.69, 9.17) is 17.3 Å². The minimum atomic E-state index is -0.743. The average molecular weight is 254 g/mol. The first kappa shape index (κ1) is 12.3. The molecule has 1 aromatic rings. The molecule has 0 aliphatic heterocycles. The van der Waals surface area contributed by atoms with E-state index in [9.17, 15) is 4.79 Å². The molecule has 0 spiro atoms. The predicted octanol–water partition coefficient (Wildman–Crippen LogP) is 2.25. The number of carbonyl (C=O) groups excluding carboxylic acids is 1. The Bertz CT molecular complexity index is 441. The van der Waals surface area contributed by atoms with E-state index in [-0.39, 0.29) is 5.91 Å². The highest BCUT2D eigenvalue weighted by molar-refractivity contribution is 6.32. The van der Waals surface area contributed by atoms with Crippen LogP contribution in [0.15, 0.2) is 12.3 Å². The Morgan fingerprint density at radius 1 is 1.53 bits per heavy atom. The smallest absolute Gasteiger partial charge is 0.244 e. The zero-order valence-electron chi connectivity index (χ0n) is 9.79. The first-order valence-electron chi connectivity index (χ1n) is 5.74. The number of pyridine rings is 1. The van der Waals surface area contributed by atoms with Crippen LogP contribution in [0.2, 0.25) is 5.15 Å². The number of nitrogens with two attached hydrogens (primary N) is 1. The average Bonchev–Trinajstić information content (AvgIpc) is 2.72. The highest BCUT2D eigenvalue weighted by atomic mass is 35.5. The van der Waals surface area contributed by atoms with Crippen LogP contribution in [0.5, 0.6) is 0 Å². The van der Waals surface area contributed by atoms with Crippen molar-refractivity contribution in [1.29, 1.82) is 0 Å². The molecule has 3 N–H and O–H groups in total. The molecule has 1 heterocycles. The fourth-order valence-electron chi connectivity index (χ4n) is 2.12. The van der Waals surface area contributed by atoms with Crippen molar-refractivity contribution in [1.82, 2.24) is 4.98 Å². The Balaban J connectivity index is 2.15. The van der Waals surface area contributed by atoms with Gasteiger partial charge in [-0.15, -0.1) is 0 Å². The maximum absolute atomic E-state index is 12.1. The number of aryl methyl sites for hydroxylation is 1. The second-order valence-corrected chi connectivity index (χ2v) is 5.03. The summed E-state index contributed by atoms with van der Waals surface area (Å²) >= 11 is 5.93. The predicted molar refractivity (Wildman–Crippen MR) is 68.0 cm³/mol. The maximum atomic E-state index is 12.1. The van der Waals surface area contributed by atoms with Crippen molar-refractivity contribution in [2.45, 2.75) is 38.1 Å². The molecule has 2 rings (SSSR count). The number of nitrogens with one attached hydrogen (secondary N) is 1. The van der Waals surface area contributed by atoms with Crippen molar-refractivity contribution in [3.05, 3.63) is 23.0 Å². The first-order valence-corrected chi connectivity index (χ1v) is 6.11. The molecule has 5 heteroatoms. The lowest BCUT2D eigenvalue weighted by Gasteiger charge is -2.22. The summed E-state index contributed by atoms with van der Waals surface area (Å²) in [4.78, 5) is 16.1. The van der Waals surface area contributed by atoms with Crippen molar-refractivity contribution in [2.24, 2.45) is 5.73 Å². The van der Waals surface area contributed by atoms with Crippen LogP contribution >= 0.6 is 11.6 Å². The van der Waals surface area contributed by atoms with Crippen molar-refractivity contribution < 1.29 is 4.79 Å². The van der Waals surface area contributed by atoms with Crippen LogP contribution in [-0.4, -0.2) is 16.4 Å². The highest BCUT2D eigenvalue weighted by Crippen LogP contribution is 2.29. The van der Waals surface area contributed by atoms with E-state index in [0.717, 1.165) is 31.2 Å². The quantitative estimate of drug-likeness (QED) is 0.795. The minimum Gasteiger partial charge on any atom is -0.322 e. The monoisotopic (exact) mass is 253 g/mol. The Hall–Kier alpha value is -1.13. The van der Waals surface area contributed by atoms with Crippen molar-refractivity contribution in [3.63, 3.8) is 0 Å². The van der Waals surface area contributed by atoms with E-state index in [1.165, 1.54) is 0 Å². The van der Waals surface area contributed by atoms with E-state index >= 15 is 0 Å². The van der Waals surface area contributed by atoms with E-state index < -0.39 is 5.54 Å². The number of aromatic nitrogens is 1. The Kier molecular flexibility index (Phi) is 3.35. The van der Waals surface area contributed by atoms with Gasteiger partial charge in [0.1, 0.15) is 0 Å². The number of rotatable bonds is 2. The molecule has 0 atom stereocenters. The molecule has 1 aliphatic carbocycles. The summed E-state index contributed by atoms with van der Waals surface area (Å²) in [5.41, 5.74) is 6.80. The van der Waals surface area contributed by atoms with Gasteiger partial charge in [0.2, 0.25) is 5.91 Å². The number of carbonyl (C=O) groups is 1. The Morgan fingerprint density at radius 3 is 2.82 bits per heavy atom. The third-order valence-electron chi connectivity index (χ3n) is 3.17. The van der Waals surface area contributed by atoms with Gasteiger partial charge in [0.05, 0.1) is 11.2 Å². The number of nitrogens with zero attached hydrogens (tertiary/aromatic N) is 1. The molecule has 1 saturated carbocycles. The first-order chi connectivity index (χ1) is 8.01. The van der Waals surface area contributed by atoms with Gasteiger partial charge in [0.15, 0.2) is 5.15 Å². The molecule has 1 fully saturated rings. The van der Waals surface area contributed by atoms with E-state index in [0.29, 0.717) is 10.8 Å². The van der Waals surface area contributed by atoms with Gasteiger partial charge < -0.3 is 11.1 Å². The lowest BCUT2D eigenvalue weighted by molar-refractivity contribution is -0.121. The Morgan fingerprint density at radius 2 is 2.18 bits per heavy atom. The highest BCUT2D eigenvalue weighted by Gasteiger charge is 2.37. The zero-order valence-corrected chi connectivity index (χ0v) is 10.5. The summed E-state index contributed by atoms with van der Waals surface area (Å²) in [5, 5.41) is 3.07. The molecule has 1 aliphatic rings. The molecule has 0 radical (unpaired) electrons. The molecular formula is C12H16ClN3O. The van der Waals surface area contributed by atoms with Gasteiger partial charge >= 0.3 is 0 Å². The molecule has 17 heavy (non-hydrogen) atoms. The van der Waals surface area contributed by atoms with Crippen LogP contribution in [0, 0.1) is 6.92 Å². The molecule has 0 bridgehead atoms. The fourth-order valence-corrected chi connectivity index (χ4v) is 2.27. The molecular weight excluding hydrogens is 238 g/mol. The van der Waals surface area contributed by atoms with Crippen molar-refractivity contribution in [2.75, 3.05) is 5.32 Å². The van der Waals surface area contributed by atoms with E-state index in [1.54, 1.807) is 12.3 Å². The second kappa shape index (κ2) is 4.63.